The molecule has 0 aromatic heterocycles. The fourth-order valence-electron chi connectivity index (χ4n) is 2.76. The van der Waals surface area contributed by atoms with Crippen molar-refractivity contribution in [2.45, 2.75) is 58.0 Å². The van der Waals surface area contributed by atoms with Gasteiger partial charge >= 0.3 is 11.8 Å². The third-order valence-electron chi connectivity index (χ3n) is 3.93. The van der Waals surface area contributed by atoms with Crippen LogP contribution in [0.5, 0.6) is 0 Å². The number of amides is 2. The van der Waals surface area contributed by atoms with Gasteiger partial charge in [-0.25, -0.2) is 0 Å². The van der Waals surface area contributed by atoms with E-state index in [9.17, 15) is 9.59 Å². The number of carbonyl (C=O) groups excluding carboxylic acids is 2. The molecule has 0 aliphatic heterocycles. The van der Waals surface area contributed by atoms with Crippen LogP contribution in [0.1, 0.15) is 49.7 Å². The van der Waals surface area contributed by atoms with E-state index in [0.717, 1.165) is 36.8 Å². The summed E-state index contributed by atoms with van der Waals surface area (Å²) in [6.45, 7) is 2.39. The Morgan fingerprint density at radius 1 is 1.10 bits per heavy atom. The molecule has 0 bridgehead atoms. The van der Waals surface area contributed by atoms with E-state index in [4.69, 9.17) is 0 Å². The van der Waals surface area contributed by atoms with Crippen molar-refractivity contribution in [2.24, 2.45) is 0 Å². The zero-order valence-electron chi connectivity index (χ0n) is 12.7. The zero-order chi connectivity index (χ0) is 15.1. The molecule has 2 amide bonds. The highest BCUT2D eigenvalue weighted by Crippen LogP contribution is 2.17. The van der Waals surface area contributed by atoms with Gasteiger partial charge in [0.25, 0.3) is 0 Å². The summed E-state index contributed by atoms with van der Waals surface area (Å²) in [7, 11) is 0. The van der Waals surface area contributed by atoms with Crippen LogP contribution in [0.3, 0.4) is 0 Å². The Balaban J connectivity index is 1.78. The van der Waals surface area contributed by atoms with Crippen LogP contribution in [0, 0.1) is 6.92 Å². The lowest BCUT2D eigenvalue weighted by Crippen LogP contribution is -2.44. The molecule has 4 heteroatoms. The Hall–Kier alpha value is -1.84. The van der Waals surface area contributed by atoms with Gasteiger partial charge in [-0.1, -0.05) is 55.5 Å². The standard InChI is InChI=1S/C17H24N2O2/c1-13-7-6-8-14(11-13)12-18-16(20)17(21)19-15-9-4-2-3-5-10-15/h6-8,11,15H,2-5,9-10,12H2,1H3,(H,18,20)(H,19,21). The van der Waals surface area contributed by atoms with E-state index in [0.29, 0.717) is 6.54 Å². The zero-order valence-corrected chi connectivity index (χ0v) is 12.7. The normalized spacial score (nSPS) is 16.0. The highest BCUT2D eigenvalue weighted by molar-refractivity contribution is 6.35. The van der Waals surface area contributed by atoms with E-state index in [-0.39, 0.29) is 6.04 Å². The molecule has 1 saturated carbocycles. The molecule has 0 radical (unpaired) electrons. The molecular weight excluding hydrogens is 264 g/mol. The SMILES string of the molecule is Cc1cccc(CNC(=O)C(=O)NC2CCCCCC2)c1. The van der Waals surface area contributed by atoms with Crippen LogP contribution in [0.2, 0.25) is 0 Å². The second-order valence-corrected chi connectivity index (χ2v) is 5.83. The number of carbonyl (C=O) groups is 2. The molecule has 1 fully saturated rings. The summed E-state index contributed by atoms with van der Waals surface area (Å²) in [6, 6.07) is 8.05. The average molecular weight is 288 g/mol. The molecule has 114 valence electrons. The van der Waals surface area contributed by atoms with Gasteiger partial charge in [0.2, 0.25) is 0 Å². The highest BCUT2D eigenvalue weighted by atomic mass is 16.2. The lowest BCUT2D eigenvalue weighted by molar-refractivity contribution is -0.139. The molecule has 0 atom stereocenters. The Morgan fingerprint density at radius 2 is 1.81 bits per heavy atom. The fraction of sp³-hybridized carbons (Fsp3) is 0.529. The summed E-state index contributed by atoms with van der Waals surface area (Å²) in [5.41, 5.74) is 2.15. The monoisotopic (exact) mass is 288 g/mol. The Labute approximate surface area is 126 Å². The van der Waals surface area contributed by atoms with Crippen molar-refractivity contribution >= 4 is 11.8 Å². The minimum atomic E-state index is -0.541. The first-order valence-electron chi connectivity index (χ1n) is 7.79. The van der Waals surface area contributed by atoms with Crippen molar-refractivity contribution < 1.29 is 9.59 Å². The first kappa shape index (κ1) is 15.5. The molecule has 2 N–H and O–H groups in total. The average Bonchev–Trinajstić information content (AvgIpc) is 2.73. The Kier molecular flexibility index (Phi) is 5.78. The van der Waals surface area contributed by atoms with Gasteiger partial charge < -0.3 is 10.6 Å². The van der Waals surface area contributed by atoms with Gasteiger partial charge in [0.15, 0.2) is 0 Å². The third kappa shape index (κ3) is 5.21. The van der Waals surface area contributed by atoms with Gasteiger partial charge in [-0.15, -0.1) is 0 Å². The minimum absolute atomic E-state index is 0.157. The van der Waals surface area contributed by atoms with Crippen molar-refractivity contribution in [3.05, 3.63) is 35.4 Å². The van der Waals surface area contributed by atoms with Crippen LogP contribution >= 0.6 is 0 Å². The number of aryl methyl sites for hydroxylation is 1. The minimum Gasteiger partial charge on any atom is -0.345 e. The fourth-order valence-corrected chi connectivity index (χ4v) is 2.76. The van der Waals surface area contributed by atoms with E-state index >= 15 is 0 Å². The third-order valence-corrected chi connectivity index (χ3v) is 3.93. The maximum absolute atomic E-state index is 11.9. The lowest BCUT2D eigenvalue weighted by Gasteiger charge is -2.15. The number of rotatable bonds is 3. The summed E-state index contributed by atoms with van der Waals surface area (Å²) in [5.74, 6) is -1.05. The van der Waals surface area contributed by atoms with Crippen molar-refractivity contribution in [2.75, 3.05) is 0 Å². The molecule has 1 aliphatic carbocycles. The van der Waals surface area contributed by atoms with Crippen molar-refractivity contribution in [3.63, 3.8) is 0 Å². The Morgan fingerprint density at radius 3 is 2.48 bits per heavy atom. The van der Waals surface area contributed by atoms with Crippen LogP contribution in [0.25, 0.3) is 0 Å². The molecule has 0 saturated heterocycles. The summed E-state index contributed by atoms with van der Waals surface area (Å²) in [5, 5.41) is 5.54. The predicted molar refractivity (Wildman–Crippen MR) is 82.7 cm³/mol. The number of benzene rings is 1. The molecule has 4 nitrogen and oxygen atoms in total. The second-order valence-electron chi connectivity index (χ2n) is 5.83. The van der Waals surface area contributed by atoms with E-state index in [1.54, 1.807) is 0 Å². The number of hydrogen-bond donors (Lipinski definition) is 2. The quantitative estimate of drug-likeness (QED) is 0.663. The lowest BCUT2D eigenvalue weighted by atomic mass is 10.1. The van der Waals surface area contributed by atoms with Crippen LogP contribution in [0.15, 0.2) is 24.3 Å². The molecule has 21 heavy (non-hydrogen) atoms. The Bertz CT molecular complexity index is 491. The van der Waals surface area contributed by atoms with Crippen molar-refractivity contribution in [1.82, 2.24) is 10.6 Å². The van der Waals surface area contributed by atoms with E-state index in [1.807, 2.05) is 31.2 Å². The van der Waals surface area contributed by atoms with Gasteiger partial charge in [0.05, 0.1) is 0 Å². The second kappa shape index (κ2) is 7.81. The van der Waals surface area contributed by atoms with Gasteiger partial charge in [-0.05, 0) is 25.3 Å². The molecule has 1 aliphatic rings. The van der Waals surface area contributed by atoms with Gasteiger partial charge in [-0.2, -0.15) is 0 Å². The van der Waals surface area contributed by atoms with Gasteiger partial charge in [-0.3, -0.25) is 9.59 Å². The molecule has 1 aromatic carbocycles. The molecule has 2 rings (SSSR count). The first-order chi connectivity index (χ1) is 10.1. The van der Waals surface area contributed by atoms with Crippen LogP contribution in [-0.4, -0.2) is 17.9 Å². The topological polar surface area (TPSA) is 58.2 Å². The summed E-state index contributed by atoms with van der Waals surface area (Å²) in [6.07, 6.45) is 6.69. The molecular formula is C17H24N2O2. The number of nitrogens with one attached hydrogen (secondary N) is 2. The van der Waals surface area contributed by atoms with E-state index in [2.05, 4.69) is 10.6 Å². The van der Waals surface area contributed by atoms with Crippen molar-refractivity contribution in [1.29, 1.82) is 0 Å². The summed E-state index contributed by atoms with van der Waals surface area (Å²) >= 11 is 0. The first-order valence-corrected chi connectivity index (χ1v) is 7.79. The summed E-state index contributed by atoms with van der Waals surface area (Å²) in [4.78, 5) is 23.7. The van der Waals surface area contributed by atoms with Gasteiger partial charge in [0.1, 0.15) is 0 Å². The number of hydrogen-bond acceptors (Lipinski definition) is 2. The maximum Gasteiger partial charge on any atom is 0.309 e. The summed E-state index contributed by atoms with van der Waals surface area (Å²) < 4.78 is 0. The molecule has 0 spiro atoms. The molecule has 1 aromatic rings. The van der Waals surface area contributed by atoms with Gasteiger partial charge in [0, 0.05) is 12.6 Å². The largest absolute Gasteiger partial charge is 0.345 e. The van der Waals surface area contributed by atoms with E-state index in [1.165, 1.54) is 12.8 Å². The molecule has 0 heterocycles. The van der Waals surface area contributed by atoms with Crippen LogP contribution in [0.4, 0.5) is 0 Å². The molecule has 0 unspecified atom stereocenters. The van der Waals surface area contributed by atoms with Crippen molar-refractivity contribution in [3.8, 4) is 0 Å². The van der Waals surface area contributed by atoms with E-state index < -0.39 is 11.8 Å². The predicted octanol–water partition coefficient (Wildman–Crippen LogP) is 2.45. The van der Waals surface area contributed by atoms with Crippen LogP contribution < -0.4 is 10.6 Å². The van der Waals surface area contributed by atoms with Crippen LogP contribution in [-0.2, 0) is 16.1 Å². The smallest absolute Gasteiger partial charge is 0.309 e. The maximum atomic E-state index is 11.9. The highest BCUT2D eigenvalue weighted by Gasteiger charge is 2.19.